The summed E-state index contributed by atoms with van der Waals surface area (Å²) >= 11 is 0. The lowest BCUT2D eigenvalue weighted by molar-refractivity contribution is 0.244. The smallest absolute Gasteiger partial charge is 0.326 e. The Balaban J connectivity index is 1.74. The number of benzene rings is 2. The average molecular weight is 307 g/mol. The number of carbonyl (C=O) groups is 1. The van der Waals surface area contributed by atoms with Crippen LogP contribution in [-0.2, 0) is 6.61 Å². The highest BCUT2D eigenvalue weighted by molar-refractivity contribution is 5.77. The number of nitrogens with one attached hydrogen (secondary N) is 1. The third-order valence-corrected chi connectivity index (χ3v) is 3.41. The Hall–Kier alpha value is -3.08. The molecule has 1 aromatic heterocycles. The van der Waals surface area contributed by atoms with Gasteiger partial charge in [0.05, 0.1) is 5.69 Å². The summed E-state index contributed by atoms with van der Waals surface area (Å²) in [7, 11) is 1.58. The van der Waals surface area contributed by atoms with Gasteiger partial charge < -0.3 is 10.1 Å². The van der Waals surface area contributed by atoms with Crippen LogP contribution in [0.4, 0.5) is 4.79 Å². The molecule has 0 atom stereocenters. The van der Waals surface area contributed by atoms with E-state index in [1.54, 1.807) is 13.2 Å². The molecule has 0 aliphatic heterocycles. The summed E-state index contributed by atoms with van der Waals surface area (Å²) in [4.78, 5) is 15.8. The molecule has 0 saturated carbocycles. The minimum Gasteiger partial charge on any atom is -0.489 e. The highest BCUT2D eigenvalue weighted by Gasteiger charge is 2.07. The first kappa shape index (κ1) is 14.8. The molecule has 23 heavy (non-hydrogen) atoms. The van der Waals surface area contributed by atoms with Crippen LogP contribution < -0.4 is 10.1 Å². The lowest BCUT2D eigenvalue weighted by Gasteiger charge is -2.07. The van der Waals surface area contributed by atoms with Crippen molar-refractivity contribution in [2.24, 2.45) is 0 Å². The summed E-state index contributed by atoms with van der Waals surface area (Å²) in [5, 5.41) is 2.56. The maximum absolute atomic E-state index is 11.6. The fraction of sp³-hybridized carbons (Fsp3) is 0.111. The standard InChI is InChI=1S/C18H17N3O2/c1-19-18(22)21-11-17(20-13-21)15-8-5-9-16(10-15)23-12-14-6-3-2-4-7-14/h2-11,13H,12H2,1H3,(H,19,22). The number of hydrogen-bond donors (Lipinski definition) is 1. The second kappa shape index (κ2) is 6.79. The second-order valence-electron chi connectivity index (χ2n) is 5.02. The Morgan fingerprint density at radius 1 is 1.17 bits per heavy atom. The number of aromatic nitrogens is 2. The molecule has 116 valence electrons. The number of carbonyl (C=O) groups excluding carboxylic acids is 1. The normalized spacial score (nSPS) is 10.3. The van der Waals surface area contributed by atoms with Gasteiger partial charge in [-0.25, -0.2) is 9.78 Å². The molecule has 3 aromatic rings. The van der Waals surface area contributed by atoms with Gasteiger partial charge in [0, 0.05) is 18.8 Å². The summed E-state index contributed by atoms with van der Waals surface area (Å²) in [5.74, 6) is 0.765. The van der Waals surface area contributed by atoms with Crippen molar-refractivity contribution < 1.29 is 9.53 Å². The molecule has 0 fully saturated rings. The maximum atomic E-state index is 11.6. The largest absolute Gasteiger partial charge is 0.489 e. The molecule has 1 N–H and O–H groups in total. The molecule has 1 amide bonds. The van der Waals surface area contributed by atoms with Crippen molar-refractivity contribution in [3.63, 3.8) is 0 Å². The van der Waals surface area contributed by atoms with Gasteiger partial charge in [-0.2, -0.15) is 0 Å². The van der Waals surface area contributed by atoms with Gasteiger partial charge in [-0.05, 0) is 17.7 Å². The van der Waals surface area contributed by atoms with Crippen LogP contribution in [0, 0.1) is 0 Å². The second-order valence-corrected chi connectivity index (χ2v) is 5.02. The van der Waals surface area contributed by atoms with Gasteiger partial charge >= 0.3 is 6.03 Å². The Labute approximate surface area is 134 Å². The van der Waals surface area contributed by atoms with Crippen LogP contribution in [0.15, 0.2) is 67.1 Å². The highest BCUT2D eigenvalue weighted by atomic mass is 16.5. The van der Waals surface area contributed by atoms with Crippen LogP contribution in [0.5, 0.6) is 5.75 Å². The zero-order valence-corrected chi connectivity index (χ0v) is 12.8. The van der Waals surface area contributed by atoms with Gasteiger partial charge in [-0.1, -0.05) is 42.5 Å². The summed E-state index contributed by atoms with van der Waals surface area (Å²) in [6.45, 7) is 0.511. The van der Waals surface area contributed by atoms with Crippen molar-refractivity contribution in [3.05, 3.63) is 72.7 Å². The van der Waals surface area contributed by atoms with E-state index in [-0.39, 0.29) is 6.03 Å². The maximum Gasteiger partial charge on any atom is 0.326 e. The van der Waals surface area contributed by atoms with Gasteiger partial charge in [0.2, 0.25) is 0 Å². The van der Waals surface area contributed by atoms with E-state index < -0.39 is 0 Å². The number of amides is 1. The molecular weight excluding hydrogens is 290 g/mol. The summed E-state index contributed by atoms with van der Waals surface area (Å²) in [6.07, 6.45) is 3.18. The van der Waals surface area contributed by atoms with Gasteiger partial charge in [0.25, 0.3) is 0 Å². The monoisotopic (exact) mass is 307 g/mol. The number of imidazole rings is 1. The SMILES string of the molecule is CNC(=O)n1cnc(-c2cccc(OCc3ccccc3)c2)c1. The molecule has 0 bridgehead atoms. The number of rotatable bonds is 4. The van der Waals surface area contributed by atoms with Crippen molar-refractivity contribution in [3.8, 4) is 17.0 Å². The molecule has 0 spiro atoms. The van der Waals surface area contributed by atoms with Crippen molar-refractivity contribution in [2.75, 3.05) is 7.05 Å². The molecule has 0 aliphatic rings. The fourth-order valence-corrected chi connectivity index (χ4v) is 2.20. The molecule has 5 nitrogen and oxygen atoms in total. The van der Waals surface area contributed by atoms with Gasteiger partial charge in [0.15, 0.2) is 0 Å². The first-order valence-corrected chi connectivity index (χ1v) is 7.29. The van der Waals surface area contributed by atoms with Gasteiger partial charge in [-0.15, -0.1) is 0 Å². The van der Waals surface area contributed by atoms with Crippen LogP contribution in [0.3, 0.4) is 0 Å². The van der Waals surface area contributed by atoms with E-state index in [1.165, 1.54) is 10.9 Å². The molecule has 0 aliphatic carbocycles. The third-order valence-electron chi connectivity index (χ3n) is 3.41. The molecular formula is C18H17N3O2. The Morgan fingerprint density at radius 2 is 2.00 bits per heavy atom. The number of hydrogen-bond acceptors (Lipinski definition) is 3. The lowest BCUT2D eigenvalue weighted by Crippen LogP contribution is -2.22. The first-order chi connectivity index (χ1) is 11.3. The fourth-order valence-electron chi connectivity index (χ4n) is 2.20. The molecule has 0 unspecified atom stereocenters. The molecule has 1 heterocycles. The predicted molar refractivity (Wildman–Crippen MR) is 88.3 cm³/mol. The molecule has 5 heteroatoms. The minimum absolute atomic E-state index is 0.222. The number of nitrogens with zero attached hydrogens (tertiary/aromatic N) is 2. The van der Waals surface area contributed by atoms with E-state index in [9.17, 15) is 4.79 Å². The topological polar surface area (TPSA) is 56.2 Å². The highest BCUT2D eigenvalue weighted by Crippen LogP contribution is 2.23. The summed E-state index contributed by atoms with van der Waals surface area (Å²) < 4.78 is 7.23. The van der Waals surface area contributed by atoms with E-state index in [4.69, 9.17) is 4.74 Å². The molecule has 2 aromatic carbocycles. The van der Waals surface area contributed by atoms with Crippen LogP contribution in [-0.4, -0.2) is 22.6 Å². The van der Waals surface area contributed by atoms with Crippen LogP contribution in [0.2, 0.25) is 0 Å². The van der Waals surface area contributed by atoms with E-state index in [0.29, 0.717) is 6.61 Å². The van der Waals surface area contributed by atoms with E-state index in [0.717, 1.165) is 22.6 Å². The van der Waals surface area contributed by atoms with Gasteiger partial charge in [0.1, 0.15) is 18.7 Å². The van der Waals surface area contributed by atoms with E-state index >= 15 is 0 Å². The van der Waals surface area contributed by atoms with E-state index in [2.05, 4.69) is 10.3 Å². The van der Waals surface area contributed by atoms with Crippen LogP contribution in [0.25, 0.3) is 11.3 Å². The number of ether oxygens (including phenoxy) is 1. The molecule has 0 radical (unpaired) electrons. The summed E-state index contributed by atoms with van der Waals surface area (Å²) in [6, 6.07) is 17.4. The predicted octanol–water partition coefficient (Wildman–Crippen LogP) is 3.32. The molecule has 3 rings (SSSR count). The zero-order valence-electron chi connectivity index (χ0n) is 12.8. The van der Waals surface area contributed by atoms with Crippen LogP contribution in [0.1, 0.15) is 5.56 Å². The Bertz CT molecular complexity index is 797. The van der Waals surface area contributed by atoms with Crippen molar-refractivity contribution >= 4 is 6.03 Å². The van der Waals surface area contributed by atoms with Crippen molar-refractivity contribution in [1.29, 1.82) is 0 Å². The summed E-state index contributed by atoms with van der Waals surface area (Å²) in [5.41, 5.74) is 2.73. The zero-order chi connectivity index (χ0) is 16.1. The van der Waals surface area contributed by atoms with E-state index in [1.807, 2.05) is 54.6 Å². The lowest BCUT2D eigenvalue weighted by atomic mass is 10.1. The van der Waals surface area contributed by atoms with Crippen molar-refractivity contribution in [1.82, 2.24) is 14.9 Å². The van der Waals surface area contributed by atoms with Gasteiger partial charge in [-0.3, -0.25) is 4.57 Å². The Morgan fingerprint density at radius 3 is 2.78 bits per heavy atom. The Kier molecular flexibility index (Phi) is 4.38. The third kappa shape index (κ3) is 3.58. The minimum atomic E-state index is -0.222. The van der Waals surface area contributed by atoms with Crippen molar-refractivity contribution in [2.45, 2.75) is 6.61 Å². The molecule has 0 saturated heterocycles. The van der Waals surface area contributed by atoms with Crippen LogP contribution >= 0.6 is 0 Å². The quantitative estimate of drug-likeness (QED) is 0.804. The first-order valence-electron chi connectivity index (χ1n) is 7.29. The average Bonchev–Trinajstić information content (AvgIpc) is 3.11.